The molecule has 0 heterocycles. The lowest BCUT2D eigenvalue weighted by Crippen LogP contribution is -2.32. The van der Waals surface area contributed by atoms with Gasteiger partial charge in [-0.15, -0.1) is 0 Å². The van der Waals surface area contributed by atoms with Gasteiger partial charge in [0.1, 0.15) is 6.54 Å². The molecule has 1 rings (SSSR count). The number of non-ortho nitro benzene ring substituents is 1. The van der Waals surface area contributed by atoms with E-state index < -0.39 is 14.9 Å². The minimum atomic E-state index is -3.78. The Morgan fingerprint density at radius 1 is 1.37 bits per heavy atom. The third-order valence-corrected chi connectivity index (χ3v) is 4.26. The van der Waals surface area contributed by atoms with Crippen LogP contribution in [0.2, 0.25) is 0 Å². The molecule has 0 unspecified atom stereocenters. The first-order valence-electron chi connectivity index (χ1n) is 5.55. The fourth-order valence-corrected chi connectivity index (χ4v) is 2.93. The van der Waals surface area contributed by atoms with E-state index in [9.17, 15) is 18.5 Å². The summed E-state index contributed by atoms with van der Waals surface area (Å²) in [6.07, 6.45) is 0.577. The van der Waals surface area contributed by atoms with Crippen molar-refractivity contribution in [3.05, 3.63) is 34.4 Å². The van der Waals surface area contributed by atoms with Gasteiger partial charge in [-0.3, -0.25) is 10.1 Å². The molecule has 1 aromatic carbocycles. The zero-order chi connectivity index (χ0) is 14.5. The van der Waals surface area contributed by atoms with E-state index in [-0.39, 0.29) is 23.7 Å². The SMILES string of the molecule is CCCN(CC#N)S(=O)(=O)c1ccc([N+](=O)[O-])cc1. The van der Waals surface area contributed by atoms with Gasteiger partial charge in [0.25, 0.3) is 5.69 Å². The summed E-state index contributed by atoms with van der Waals surface area (Å²) in [5, 5.41) is 19.1. The molecule has 0 radical (unpaired) electrons. The normalized spacial score (nSPS) is 11.2. The number of hydrogen-bond donors (Lipinski definition) is 0. The van der Waals surface area contributed by atoms with E-state index in [1.54, 1.807) is 13.0 Å². The molecule has 0 aliphatic rings. The van der Waals surface area contributed by atoms with Crippen molar-refractivity contribution in [2.24, 2.45) is 0 Å². The number of hydrogen-bond acceptors (Lipinski definition) is 5. The number of nitrogens with zero attached hydrogens (tertiary/aromatic N) is 3. The van der Waals surface area contributed by atoms with Crippen LogP contribution in [0, 0.1) is 21.4 Å². The molecule has 0 atom stereocenters. The zero-order valence-electron chi connectivity index (χ0n) is 10.3. The minimum absolute atomic E-state index is 0.0539. The molecule has 0 aliphatic carbocycles. The van der Waals surface area contributed by atoms with Gasteiger partial charge < -0.3 is 0 Å². The van der Waals surface area contributed by atoms with Crippen molar-refractivity contribution in [3.63, 3.8) is 0 Å². The van der Waals surface area contributed by atoms with Crippen LogP contribution in [0.3, 0.4) is 0 Å². The van der Waals surface area contributed by atoms with Crippen LogP contribution in [0.25, 0.3) is 0 Å². The summed E-state index contributed by atoms with van der Waals surface area (Å²) in [6.45, 7) is 1.79. The Balaban J connectivity index is 3.11. The second-order valence-electron chi connectivity index (χ2n) is 3.75. The van der Waals surface area contributed by atoms with Gasteiger partial charge >= 0.3 is 0 Å². The van der Waals surface area contributed by atoms with Crippen molar-refractivity contribution >= 4 is 15.7 Å². The highest BCUT2D eigenvalue weighted by Crippen LogP contribution is 2.19. The molecule has 0 fully saturated rings. The third kappa shape index (κ3) is 3.49. The first-order valence-corrected chi connectivity index (χ1v) is 6.99. The van der Waals surface area contributed by atoms with Crippen molar-refractivity contribution in [3.8, 4) is 6.07 Å². The highest BCUT2D eigenvalue weighted by molar-refractivity contribution is 7.89. The fourth-order valence-electron chi connectivity index (χ4n) is 1.50. The Bertz CT molecular complexity index is 589. The molecule has 0 spiro atoms. The topological polar surface area (TPSA) is 104 Å². The lowest BCUT2D eigenvalue weighted by molar-refractivity contribution is -0.384. The Labute approximate surface area is 111 Å². The van der Waals surface area contributed by atoms with Crippen LogP contribution < -0.4 is 0 Å². The summed E-state index contributed by atoms with van der Waals surface area (Å²) in [5.74, 6) is 0. The number of sulfonamides is 1. The maximum atomic E-state index is 12.2. The van der Waals surface area contributed by atoms with Gasteiger partial charge in [0.2, 0.25) is 10.0 Å². The second kappa shape index (κ2) is 6.26. The van der Waals surface area contributed by atoms with Crippen LogP contribution >= 0.6 is 0 Å². The molecule has 8 heteroatoms. The molecule has 0 saturated carbocycles. The molecule has 0 aromatic heterocycles. The van der Waals surface area contributed by atoms with E-state index in [1.165, 1.54) is 12.1 Å². The third-order valence-electron chi connectivity index (χ3n) is 2.41. The first kappa shape index (κ1) is 15.1. The van der Waals surface area contributed by atoms with Gasteiger partial charge in [0.15, 0.2) is 0 Å². The molecule has 0 saturated heterocycles. The van der Waals surface area contributed by atoms with E-state index in [1.807, 2.05) is 0 Å². The smallest absolute Gasteiger partial charge is 0.258 e. The van der Waals surface area contributed by atoms with Crippen molar-refractivity contribution in [1.29, 1.82) is 5.26 Å². The van der Waals surface area contributed by atoms with E-state index in [4.69, 9.17) is 5.26 Å². The largest absolute Gasteiger partial charge is 0.269 e. The van der Waals surface area contributed by atoms with E-state index in [0.717, 1.165) is 16.4 Å². The zero-order valence-corrected chi connectivity index (χ0v) is 11.1. The van der Waals surface area contributed by atoms with Gasteiger partial charge in [-0.1, -0.05) is 6.92 Å². The van der Waals surface area contributed by atoms with Gasteiger partial charge in [0, 0.05) is 18.7 Å². The predicted molar refractivity (Wildman–Crippen MR) is 67.8 cm³/mol. The lowest BCUT2D eigenvalue weighted by Gasteiger charge is -2.18. The molecule has 102 valence electrons. The van der Waals surface area contributed by atoms with E-state index >= 15 is 0 Å². The summed E-state index contributed by atoms with van der Waals surface area (Å²) >= 11 is 0. The number of nitro groups is 1. The van der Waals surface area contributed by atoms with Crippen molar-refractivity contribution in [2.75, 3.05) is 13.1 Å². The van der Waals surface area contributed by atoms with Crippen molar-refractivity contribution in [2.45, 2.75) is 18.2 Å². The first-order chi connectivity index (χ1) is 8.93. The highest BCUT2D eigenvalue weighted by atomic mass is 32.2. The Morgan fingerprint density at radius 2 is 1.95 bits per heavy atom. The fraction of sp³-hybridized carbons (Fsp3) is 0.364. The van der Waals surface area contributed by atoms with Crippen LogP contribution in [-0.2, 0) is 10.0 Å². The van der Waals surface area contributed by atoms with Crippen LogP contribution in [0.4, 0.5) is 5.69 Å². The summed E-state index contributed by atoms with van der Waals surface area (Å²) in [7, 11) is -3.78. The molecule has 0 N–H and O–H groups in total. The van der Waals surface area contributed by atoms with Gasteiger partial charge in [-0.25, -0.2) is 8.42 Å². The maximum absolute atomic E-state index is 12.2. The minimum Gasteiger partial charge on any atom is -0.258 e. The maximum Gasteiger partial charge on any atom is 0.269 e. The van der Waals surface area contributed by atoms with Crippen LogP contribution in [0.5, 0.6) is 0 Å². The van der Waals surface area contributed by atoms with Crippen LogP contribution in [0.15, 0.2) is 29.2 Å². The van der Waals surface area contributed by atoms with E-state index in [0.29, 0.717) is 6.42 Å². The molecule has 0 aliphatic heterocycles. The molecule has 19 heavy (non-hydrogen) atoms. The monoisotopic (exact) mass is 283 g/mol. The Kier molecular flexibility index (Phi) is 4.97. The molecule has 0 bridgehead atoms. The van der Waals surface area contributed by atoms with Crippen molar-refractivity contribution < 1.29 is 13.3 Å². The summed E-state index contributed by atoms with van der Waals surface area (Å²) < 4.78 is 25.4. The molecular formula is C11H13N3O4S. The average molecular weight is 283 g/mol. The molecular weight excluding hydrogens is 270 g/mol. The van der Waals surface area contributed by atoms with Crippen LogP contribution in [-0.4, -0.2) is 30.7 Å². The highest BCUT2D eigenvalue weighted by Gasteiger charge is 2.24. The Morgan fingerprint density at radius 3 is 2.37 bits per heavy atom. The number of nitro benzene ring substituents is 1. The quantitative estimate of drug-likeness (QED) is 0.447. The Hall–Kier alpha value is -1.98. The number of rotatable bonds is 6. The number of nitriles is 1. The number of benzene rings is 1. The van der Waals surface area contributed by atoms with Gasteiger partial charge in [-0.05, 0) is 18.6 Å². The van der Waals surface area contributed by atoms with Crippen LogP contribution in [0.1, 0.15) is 13.3 Å². The summed E-state index contributed by atoms with van der Waals surface area (Å²) in [4.78, 5) is 9.85. The second-order valence-corrected chi connectivity index (χ2v) is 5.69. The summed E-state index contributed by atoms with van der Waals surface area (Å²) in [6, 6.07) is 6.40. The molecule has 0 amide bonds. The standard InChI is InChI=1S/C11H13N3O4S/c1-2-8-13(9-7-12)19(17,18)11-5-3-10(4-6-11)14(15)16/h3-6H,2,8-9H2,1H3. The molecule has 7 nitrogen and oxygen atoms in total. The average Bonchev–Trinajstić information content (AvgIpc) is 2.38. The lowest BCUT2D eigenvalue weighted by atomic mass is 10.3. The van der Waals surface area contributed by atoms with Gasteiger partial charge in [0.05, 0.1) is 15.9 Å². The molecule has 1 aromatic rings. The van der Waals surface area contributed by atoms with Gasteiger partial charge in [-0.2, -0.15) is 9.57 Å². The predicted octanol–water partition coefficient (Wildman–Crippen LogP) is 1.52. The summed E-state index contributed by atoms with van der Waals surface area (Å²) in [5.41, 5.74) is -0.179. The van der Waals surface area contributed by atoms with Crippen molar-refractivity contribution in [1.82, 2.24) is 4.31 Å². The van der Waals surface area contributed by atoms with E-state index in [2.05, 4.69) is 0 Å².